The fourth-order valence-corrected chi connectivity index (χ4v) is 2.68. The van der Waals surface area contributed by atoms with Crippen molar-refractivity contribution in [3.8, 4) is 0 Å². The number of nitro groups is 1. The number of carbonyl (C=O) groups is 1. The van der Waals surface area contributed by atoms with Crippen LogP contribution < -0.4 is 5.73 Å². The van der Waals surface area contributed by atoms with Gasteiger partial charge in [-0.25, -0.2) is 0 Å². The Morgan fingerprint density at radius 3 is 3.00 bits per heavy atom. The molecule has 0 radical (unpaired) electrons. The Hall–Kier alpha value is -2.15. The van der Waals surface area contributed by atoms with Crippen LogP contribution in [-0.4, -0.2) is 42.5 Å². The lowest BCUT2D eigenvalue weighted by Gasteiger charge is -2.32. The third-order valence-electron chi connectivity index (χ3n) is 3.66. The van der Waals surface area contributed by atoms with Crippen molar-refractivity contribution in [1.29, 1.82) is 0 Å². The van der Waals surface area contributed by atoms with Crippen LogP contribution in [-0.2, 0) is 4.74 Å². The van der Waals surface area contributed by atoms with Crippen LogP contribution in [0.1, 0.15) is 23.2 Å². The van der Waals surface area contributed by atoms with Crippen LogP contribution in [0.5, 0.6) is 0 Å². The fraction of sp³-hybridized carbons (Fsp3) is 0.500. The summed E-state index contributed by atoms with van der Waals surface area (Å²) in [6.45, 7) is 1.74. The highest BCUT2D eigenvalue weighted by Crippen LogP contribution is 2.25. The van der Waals surface area contributed by atoms with Gasteiger partial charge in [0.25, 0.3) is 11.6 Å². The third-order valence-corrected chi connectivity index (χ3v) is 3.66. The number of nitrogens with zero attached hydrogens (tertiary/aromatic N) is 2. The van der Waals surface area contributed by atoms with Crippen LogP contribution in [0.15, 0.2) is 18.2 Å². The summed E-state index contributed by atoms with van der Waals surface area (Å²) in [5, 5.41) is 11.1. The number of rotatable bonds is 4. The lowest BCUT2D eigenvalue weighted by atomic mass is 9.98. The second-order valence-electron chi connectivity index (χ2n) is 5.25. The number of nitro benzene ring substituents is 1. The summed E-state index contributed by atoms with van der Waals surface area (Å²) in [6.07, 6.45) is 1.87. The maximum atomic E-state index is 12.6. The van der Waals surface area contributed by atoms with Gasteiger partial charge in [0.05, 0.1) is 11.5 Å². The summed E-state index contributed by atoms with van der Waals surface area (Å²) in [5.41, 5.74) is 5.85. The lowest BCUT2D eigenvalue weighted by molar-refractivity contribution is -0.385. The minimum Gasteiger partial charge on any atom is -0.399 e. The second-order valence-corrected chi connectivity index (χ2v) is 5.25. The van der Waals surface area contributed by atoms with Crippen LogP contribution in [0.25, 0.3) is 0 Å². The fourth-order valence-electron chi connectivity index (χ4n) is 2.68. The van der Waals surface area contributed by atoms with Gasteiger partial charge in [0, 0.05) is 32.0 Å². The van der Waals surface area contributed by atoms with Gasteiger partial charge < -0.3 is 15.4 Å². The van der Waals surface area contributed by atoms with Crippen LogP contribution in [0.3, 0.4) is 0 Å². The van der Waals surface area contributed by atoms with Gasteiger partial charge in [-0.1, -0.05) is 0 Å². The zero-order valence-corrected chi connectivity index (χ0v) is 11.9. The van der Waals surface area contributed by atoms with Gasteiger partial charge >= 0.3 is 0 Å². The SMILES string of the molecule is COCC1CCCN(C(=O)c2cc(N)ccc2[N+](=O)[O-])C1. The minimum atomic E-state index is -0.552. The molecule has 1 aromatic rings. The minimum absolute atomic E-state index is 0.0538. The molecule has 1 aliphatic heterocycles. The first kappa shape index (κ1) is 15.2. The molecule has 2 N–H and O–H groups in total. The molecule has 0 saturated carbocycles. The first-order valence-corrected chi connectivity index (χ1v) is 6.85. The van der Waals surface area contributed by atoms with E-state index in [0.29, 0.717) is 25.4 Å². The maximum absolute atomic E-state index is 12.6. The maximum Gasteiger partial charge on any atom is 0.282 e. The number of carbonyl (C=O) groups excluding carboxylic acids is 1. The predicted molar refractivity (Wildman–Crippen MR) is 78.0 cm³/mol. The molecule has 2 rings (SSSR count). The van der Waals surface area contributed by atoms with Crippen molar-refractivity contribution in [1.82, 2.24) is 4.90 Å². The molecule has 1 unspecified atom stereocenters. The van der Waals surface area contributed by atoms with E-state index in [1.165, 1.54) is 18.2 Å². The Bertz CT molecular complexity index is 545. The molecular formula is C14H19N3O4. The van der Waals surface area contributed by atoms with E-state index in [4.69, 9.17) is 10.5 Å². The molecule has 1 atom stereocenters. The van der Waals surface area contributed by atoms with Crippen molar-refractivity contribution in [2.24, 2.45) is 5.92 Å². The molecule has 0 aliphatic carbocycles. The van der Waals surface area contributed by atoms with E-state index in [1.54, 1.807) is 12.0 Å². The van der Waals surface area contributed by atoms with Gasteiger partial charge in [-0.2, -0.15) is 0 Å². The zero-order chi connectivity index (χ0) is 15.4. The van der Waals surface area contributed by atoms with Gasteiger partial charge in [-0.05, 0) is 30.9 Å². The Kier molecular flexibility index (Phi) is 4.74. The van der Waals surface area contributed by atoms with Gasteiger partial charge in [-0.15, -0.1) is 0 Å². The molecule has 114 valence electrons. The van der Waals surface area contributed by atoms with Crippen LogP contribution >= 0.6 is 0 Å². The second kappa shape index (κ2) is 6.53. The van der Waals surface area contributed by atoms with Crippen molar-refractivity contribution in [2.75, 3.05) is 32.5 Å². The van der Waals surface area contributed by atoms with Gasteiger partial charge in [-0.3, -0.25) is 14.9 Å². The highest BCUT2D eigenvalue weighted by Gasteiger charge is 2.29. The van der Waals surface area contributed by atoms with Crippen LogP contribution in [0, 0.1) is 16.0 Å². The molecule has 0 bridgehead atoms. The molecule has 1 fully saturated rings. The summed E-state index contributed by atoms with van der Waals surface area (Å²) in [6, 6.07) is 4.08. The monoisotopic (exact) mass is 293 g/mol. The van der Waals surface area contributed by atoms with Crippen molar-refractivity contribution in [3.63, 3.8) is 0 Å². The van der Waals surface area contributed by atoms with Crippen molar-refractivity contribution >= 4 is 17.3 Å². The Balaban J connectivity index is 2.23. The summed E-state index contributed by atoms with van der Waals surface area (Å²) in [5.74, 6) is -0.0670. The van der Waals surface area contributed by atoms with E-state index in [9.17, 15) is 14.9 Å². The van der Waals surface area contributed by atoms with Crippen molar-refractivity contribution in [2.45, 2.75) is 12.8 Å². The quantitative estimate of drug-likeness (QED) is 0.517. The first-order valence-electron chi connectivity index (χ1n) is 6.85. The number of anilines is 1. The van der Waals surface area contributed by atoms with Gasteiger partial charge in [0.2, 0.25) is 0 Å². The van der Waals surface area contributed by atoms with E-state index >= 15 is 0 Å². The summed E-state index contributed by atoms with van der Waals surface area (Å²) in [4.78, 5) is 24.7. The standard InChI is InChI=1S/C14H19N3O4/c1-21-9-10-3-2-6-16(8-10)14(18)12-7-11(15)4-5-13(12)17(19)20/h4-5,7,10H,2-3,6,8-9,15H2,1H3. The Labute approximate surface area is 122 Å². The molecule has 1 saturated heterocycles. The first-order chi connectivity index (χ1) is 10.0. The smallest absolute Gasteiger partial charge is 0.282 e. The van der Waals surface area contributed by atoms with Crippen molar-refractivity contribution in [3.05, 3.63) is 33.9 Å². The number of nitrogens with two attached hydrogens (primary N) is 1. The predicted octanol–water partition coefficient (Wildman–Crippen LogP) is 1.68. The summed E-state index contributed by atoms with van der Waals surface area (Å²) < 4.78 is 5.13. The molecule has 0 spiro atoms. The van der Waals surface area contributed by atoms with E-state index < -0.39 is 4.92 Å². The Morgan fingerprint density at radius 1 is 1.57 bits per heavy atom. The number of nitrogen functional groups attached to an aromatic ring is 1. The van der Waals surface area contributed by atoms with Gasteiger partial charge in [0.15, 0.2) is 0 Å². The Morgan fingerprint density at radius 2 is 2.33 bits per heavy atom. The van der Waals surface area contributed by atoms with Crippen LogP contribution in [0.2, 0.25) is 0 Å². The van der Waals surface area contributed by atoms with Crippen LogP contribution in [0.4, 0.5) is 11.4 Å². The third kappa shape index (κ3) is 3.49. The average molecular weight is 293 g/mol. The van der Waals surface area contributed by atoms with E-state index in [2.05, 4.69) is 0 Å². The summed E-state index contributed by atoms with van der Waals surface area (Å²) >= 11 is 0. The number of likely N-dealkylation sites (tertiary alicyclic amines) is 1. The largest absolute Gasteiger partial charge is 0.399 e. The molecule has 1 aliphatic rings. The number of ether oxygens (including phenoxy) is 1. The highest BCUT2D eigenvalue weighted by molar-refractivity contribution is 5.99. The van der Waals surface area contributed by atoms with Crippen molar-refractivity contribution < 1.29 is 14.5 Å². The number of hydrogen-bond donors (Lipinski definition) is 1. The molecule has 1 aromatic carbocycles. The number of hydrogen-bond acceptors (Lipinski definition) is 5. The average Bonchev–Trinajstić information content (AvgIpc) is 2.46. The normalized spacial score (nSPS) is 18.5. The van der Waals surface area contributed by atoms with E-state index in [0.717, 1.165) is 12.8 Å². The molecule has 7 nitrogen and oxygen atoms in total. The molecular weight excluding hydrogens is 274 g/mol. The zero-order valence-electron chi connectivity index (χ0n) is 11.9. The molecule has 0 aromatic heterocycles. The highest BCUT2D eigenvalue weighted by atomic mass is 16.6. The topological polar surface area (TPSA) is 98.7 Å². The molecule has 21 heavy (non-hydrogen) atoms. The van der Waals surface area contributed by atoms with E-state index in [-0.39, 0.29) is 23.1 Å². The molecule has 1 amide bonds. The number of methoxy groups -OCH3 is 1. The van der Waals surface area contributed by atoms with Gasteiger partial charge in [0.1, 0.15) is 5.56 Å². The van der Waals surface area contributed by atoms with E-state index in [1.807, 2.05) is 0 Å². The lowest BCUT2D eigenvalue weighted by Crippen LogP contribution is -2.41. The number of amides is 1. The molecule has 1 heterocycles. The summed E-state index contributed by atoms with van der Waals surface area (Å²) in [7, 11) is 1.63. The number of benzene rings is 1. The number of piperidine rings is 1. The molecule has 7 heteroatoms.